The molecule has 5 nitrogen and oxygen atoms in total. The van der Waals surface area contributed by atoms with E-state index in [1.165, 1.54) is 0 Å². The molecule has 0 bridgehead atoms. The molecule has 1 unspecified atom stereocenters. The van der Waals surface area contributed by atoms with Gasteiger partial charge in [-0.05, 0) is 17.9 Å². The molecule has 1 aromatic rings. The molecule has 1 aromatic heterocycles. The highest BCUT2D eigenvalue weighted by molar-refractivity contribution is 5.82. The lowest BCUT2D eigenvalue weighted by atomic mass is 9.87. The van der Waals surface area contributed by atoms with Gasteiger partial charge in [-0.2, -0.15) is 5.10 Å². The number of carbonyl (C=O) groups is 1. The molecule has 0 aromatic carbocycles. The summed E-state index contributed by atoms with van der Waals surface area (Å²) >= 11 is 0. The Morgan fingerprint density at radius 1 is 1.59 bits per heavy atom. The van der Waals surface area contributed by atoms with Gasteiger partial charge in [-0.1, -0.05) is 20.8 Å². The van der Waals surface area contributed by atoms with Gasteiger partial charge in [-0.3, -0.25) is 9.48 Å². The average Bonchev–Trinajstić information content (AvgIpc) is 2.61. The van der Waals surface area contributed by atoms with Crippen LogP contribution in [0.2, 0.25) is 0 Å². The van der Waals surface area contributed by atoms with E-state index in [2.05, 4.69) is 10.4 Å². The van der Waals surface area contributed by atoms with Crippen LogP contribution in [0.25, 0.3) is 0 Å². The number of amides is 1. The highest BCUT2D eigenvalue weighted by Crippen LogP contribution is 2.16. The highest BCUT2D eigenvalue weighted by Gasteiger charge is 2.26. The van der Waals surface area contributed by atoms with E-state index in [1.807, 2.05) is 33.9 Å². The Hall–Kier alpha value is -1.36. The standard InChI is InChI=1S/C12H22N4O/c1-9-7-15-16(8-9)6-5-14-11(17)10(13)12(2,3)4/h7-8,10H,5-6,13H2,1-4H3,(H,14,17). The molecule has 0 aliphatic carbocycles. The van der Waals surface area contributed by atoms with Gasteiger partial charge in [0.25, 0.3) is 0 Å². The molecule has 1 heterocycles. The summed E-state index contributed by atoms with van der Waals surface area (Å²) in [5.41, 5.74) is 6.74. The molecule has 17 heavy (non-hydrogen) atoms. The molecule has 0 saturated carbocycles. The molecule has 0 radical (unpaired) electrons. The zero-order valence-corrected chi connectivity index (χ0v) is 11.0. The van der Waals surface area contributed by atoms with E-state index < -0.39 is 6.04 Å². The molecule has 0 spiro atoms. The van der Waals surface area contributed by atoms with Crippen LogP contribution in [0.4, 0.5) is 0 Å². The quantitative estimate of drug-likeness (QED) is 0.810. The van der Waals surface area contributed by atoms with Crippen LogP contribution in [0, 0.1) is 12.3 Å². The summed E-state index contributed by atoms with van der Waals surface area (Å²) in [6, 6.07) is -0.484. The zero-order valence-electron chi connectivity index (χ0n) is 11.0. The van der Waals surface area contributed by atoms with Crippen molar-refractivity contribution >= 4 is 5.91 Å². The van der Waals surface area contributed by atoms with Gasteiger partial charge in [0.15, 0.2) is 0 Å². The van der Waals surface area contributed by atoms with Crippen LogP contribution in [-0.4, -0.2) is 28.3 Å². The molecule has 1 amide bonds. The maximum absolute atomic E-state index is 11.7. The second-order valence-electron chi connectivity index (χ2n) is 5.42. The molecule has 1 atom stereocenters. The fraction of sp³-hybridized carbons (Fsp3) is 0.667. The second-order valence-corrected chi connectivity index (χ2v) is 5.42. The van der Waals surface area contributed by atoms with Gasteiger partial charge in [-0.15, -0.1) is 0 Å². The maximum Gasteiger partial charge on any atom is 0.237 e. The lowest BCUT2D eigenvalue weighted by molar-refractivity contribution is -0.124. The fourth-order valence-electron chi connectivity index (χ4n) is 1.39. The summed E-state index contributed by atoms with van der Waals surface area (Å²) < 4.78 is 1.80. The lowest BCUT2D eigenvalue weighted by Crippen LogP contribution is -2.49. The van der Waals surface area contributed by atoms with Gasteiger partial charge in [0.1, 0.15) is 0 Å². The monoisotopic (exact) mass is 238 g/mol. The number of rotatable bonds is 4. The number of aryl methyl sites for hydroxylation is 1. The van der Waals surface area contributed by atoms with Crippen LogP contribution >= 0.6 is 0 Å². The van der Waals surface area contributed by atoms with E-state index in [0.29, 0.717) is 13.1 Å². The summed E-state index contributed by atoms with van der Waals surface area (Å²) in [6.45, 7) is 9.05. The smallest absolute Gasteiger partial charge is 0.237 e. The van der Waals surface area contributed by atoms with Crippen molar-refractivity contribution in [3.63, 3.8) is 0 Å². The number of aromatic nitrogens is 2. The third-order valence-electron chi connectivity index (χ3n) is 2.62. The predicted octanol–water partition coefficient (Wildman–Crippen LogP) is 0.681. The maximum atomic E-state index is 11.7. The third-order valence-corrected chi connectivity index (χ3v) is 2.62. The Morgan fingerprint density at radius 2 is 2.24 bits per heavy atom. The van der Waals surface area contributed by atoms with E-state index in [-0.39, 0.29) is 11.3 Å². The Bertz CT molecular complexity index is 378. The van der Waals surface area contributed by atoms with Gasteiger partial charge >= 0.3 is 0 Å². The topological polar surface area (TPSA) is 72.9 Å². The normalized spacial score (nSPS) is 13.5. The van der Waals surface area contributed by atoms with E-state index in [0.717, 1.165) is 5.56 Å². The molecular weight excluding hydrogens is 216 g/mol. The number of hydrogen-bond acceptors (Lipinski definition) is 3. The second kappa shape index (κ2) is 5.31. The van der Waals surface area contributed by atoms with Crippen LogP contribution in [0.5, 0.6) is 0 Å². The van der Waals surface area contributed by atoms with E-state index in [1.54, 1.807) is 10.9 Å². The Kier molecular flexibility index (Phi) is 4.28. The van der Waals surface area contributed by atoms with Crippen molar-refractivity contribution in [2.45, 2.75) is 40.3 Å². The average molecular weight is 238 g/mol. The van der Waals surface area contributed by atoms with Crippen molar-refractivity contribution in [2.24, 2.45) is 11.1 Å². The van der Waals surface area contributed by atoms with Gasteiger partial charge < -0.3 is 11.1 Å². The molecule has 0 aliphatic rings. The number of nitrogens with one attached hydrogen (secondary N) is 1. The molecule has 0 saturated heterocycles. The SMILES string of the molecule is Cc1cnn(CCNC(=O)C(N)C(C)(C)C)c1. The predicted molar refractivity (Wildman–Crippen MR) is 67.4 cm³/mol. The molecule has 96 valence electrons. The first kappa shape index (κ1) is 13.7. The summed E-state index contributed by atoms with van der Waals surface area (Å²) in [7, 11) is 0. The molecule has 3 N–H and O–H groups in total. The summed E-state index contributed by atoms with van der Waals surface area (Å²) in [4.78, 5) is 11.7. The van der Waals surface area contributed by atoms with Gasteiger partial charge in [0, 0.05) is 12.7 Å². The van der Waals surface area contributed by atoms with Gasteiger partial charge in [-0.25, -0.2) is 0 Å². The van der Waals surface area contributed by atoms with Crippen LogP contribution in [0.3, 0.4) is 0 Å². The molecular formula is C12H22N4O. The summed E-state index contributed by atoms with van der Waals surface area (Å²) in [6.07, 6.45) is 3.73. The van der Waals surface area contributed by atoms with Crippen molar-refractivity contribution in [1.82, 2.24) is 15.1 Å². The van der Waals surface area contributed by atoms with Crippen LogP contribution in [0.1, 0.15) is 26.3 Å². The summed E-state index contributed by atoms with van der Waals surface area (Å²) in [5.74, 6) is -0.110. The zero-order chi connectivity index (χ0) is 13.1. The molecule has 5 heteroatoms. The number of nitrogens with two attached hydrogens (primary N) is 1. The summed E-state index contributed by atoms with van der Waals surface area (Å²) in [5, 5.41) is 6.96. The Balaban J connectivity index is 2.34. The molecule has 0 fully saturated rings. The van der Waals surface area contributed by atoms with E-state index >= 15 is 0 Å². The van der Waals surface area contributed by atoms with Crippen LogP contribution in [0.15, 0.2) is 12.4 Å². The van der Waals surface area contributed by atoms with E-state index in [4.69, 9.17) is 5.73 Å². The van der Waals surface area contributed by atoms with Crippen molar-refractivity contribution in [3.8, 4) is 0 Å². The van der Waals surface area contributed by atoms with E-state index in [9.17, 15) is 4.79 Å². The third kappa shape index (κ3) is 4.19. The van der Waals surface area contributed by atoms with Crippen molar-refractivity contribution < 1.29 is 4.79 Å². The molecule has 1 rings (SSSR count). The van der Waals surface area contributed by atoms with Crippen molar-refractivity contribution in [3.05, 3.63) is 18.0 Å². The number of hydrogen-bond donors (Lipinski definition) is 2. The first-order chi connectivity index (χ1) is 7.80. The minimum atomic E-state index is -0.484. The minimum Gasteiger partial charge on any atom is -0.353 e. The first-order valence-corrected chi connectivity index (χ1v) is 5.83. The first-order valence-electron chi connectivity index (χ1n) is 5.83. The van der Waals surface area contributed by atoms with Gasteiger partial charge in [0.05, 0.1) is 18.8 Å². The fourth-order valence-corrected chi connectivity index (χ4v) is 1.39. The minimum absolute atomic E-state index is 0.110. The number of carbonyl (C=O) groups excluding carboxylic acids is 1. The van der Waals surface area contributed by atoms with Crippen LogP contribution < -0.4 is 11.1 Å². The largest absolute Gasteiger partial charge is 0.353 e. The highest BCUT2D eigenvalue weighted by atomic mass is 16.2. The van der Waals surface area contributed by atoms with Crippen molar-refractivity contribution in [2.75, 3.05) is 6.54 Å². The van der Waals surface area contributed by atoms with Crippen LogP contribution in [-0.2, 0) is 11.3 Å². The van der Waals surface area contributed by atoms with Crippen molar-refractivity contribution in [1.29, 1.82) is 0 Å². The molecule has 0 aliphatic heterocycles. The Labute approximate surface area is 102 Å². The number of nitrogens with zero attached hydrogens (tertiary/aromatic N) is 2. The lowest BCUT2D eigenvalue weighted by Gasteiger charge is -2.25. The van der Waals surface area contributed by atoms with Gasteiger partial charge in [0.2, 0.25) is 5.91 Å². The Morgan fingerprint density at radius 3 is 2.71 bits per heavy atom.